The first-order valence-corrected chi connectivity index (χ1v) is 9.53. The first-order valence-electron chi connectivity index (χ1n) is 6.03. The number of hydrogen-bond donors (Lipinski definition) is 0. The molecule has 86 valence electrons. The van der Waals surface area contributed by atoms with Crippen LogP contribution in [0.15, 0.2) is 48.6 Å². The van der Waals surface area contributed by atoms with Crippen LogP contribution < -0.4 is 0 Å². The van der Waals surface area contributed by atoms with Crippen molar-refractivity contribution < 1.29 is 0 Å². The zero-order valence-electron chi connectivity index (χ0n) is 10.7. The molecule has 1 unspecified atom stereocenters. The smallest absolute Gasteiger partial charge is 0.129 e. The standard InChI is InChI=1S/C16H18Si/c1-17(2,3)12-11-14-9-10-16(13-14)15-7-5-4-6-8-15/h4-10,13-14H,1-3H3. The van der Waals surface area contributed by atoms with Crippen LogP contribution >= 0.6 is 0 Å². The second-order valence-corrected chi connectivity index (χ2v) is 10.1. The van der Waals surface area contributed by atoms with Gasteiger partial charge in [-0.05, 0) is 11.1 Å². The highest BCUT2D eigenvalue weighted by Gasteiger charge is 2.11. The molecule has 0 bridgehead atoms. The molecule has 0 heterocycles. The molecule has 0 aliphatic heterocycles. The summed E-state index contributed by atoms with van der Waals surface area (Å²) >= 11 is 0. The van der Waals surface area contributed by atoms with E-state index in [1.807, 2.05) is 6.07 Å². The third-order valence-corrected chi connectivity index (χ3v) is 3.46. The Balaban J connectivity index is 2.16. The summed E-state index contributed by atoms with van der Waals surface area (Å²) in [5.74, 6) is 3.67. The molecule has 0 nitrogen and oxygen atoms in total. The van der Waals surface area contributed by atoms with Crippen LogP contribution in [0.5, 0.6) is 0 Å². The second-order valence-electron chi connectivity index (χ2n) is 5.39. The van der Waals surface area contributed by atoms with Crippen LogP contribution in [0.3, 0.4) is 0 Å². The van der Waals surface area contributed by atoms with E-state index in [2.05, 4.69) is 73.6 Å². The van der Waals surface area contributed by atoms with E-state index in [4.69, 9.17) is 0 Å². The summed E-state index contributed by atoms with van der Waals surface area (Å²) in [5.41, 5.74) is 6.00. The Labute approximate surface area is 105 Å². The molecule has 0 saturated heterocycles. The molecule has 0 N–H and O–H groups in total. The molecule has 1 aromatic carbocycles. The quantitative estimate of drug-likeness (QED) is 0.509. The van der Waals surface area contributed by atoms with E-state index in [1.165, 1.54) is 11.1 Å². The van der Waals surface area contributed by atoms with Gasteiger partial charge in [-0.1, -0.05) is 74.1 Å². The molecule has 0 spiro atoms. The van der Waals surface area contributed by atoms with Crippen molar-refractivity contribution >= 4 is 13.6 Å². The Bertz CT molecular complexity index is 504. The molecule has 17 heavy (non-hydrogen) atoms. The van der Waals surface area contributed by atoms with Gasteiger partial charge in [0, 0.05) is 0 Å². The fourth-order valence-electron chi connectivity index (χ4n) is 1.72. The van der Waals surface area contributed by atoms with Crippen LogP contribution in [0, 0.1) is 17.4 Å². The van der Waals surface area contributed by atoms with E-state index >= 15 is 0 Å². The highest BCUT2D eigenvalue weighted by atomic mass is 28.3. The van der Waals surface area contributed by atoms with E-state index in [0.29, 0.717) is 5.92 Å². The maximum atomic E-state index is 3.43. The summed E-state index contributed by atoms with van der Waals surface area (Å²) in [5, 5.41) is 0. The lowest BCUT2D eigenvalue weighted by Gasteiger charge is -2.04. The fraction of sp³-hybridized carbons (Fsp3) is 0.250. The first kappa shape index (κ1) is 11.9. The normalized spacial score (nSPS) is 18.5. The van der Waals surface area contributed by atoms with E-state index in [0.717, 1.165) is 0 Å². The largest absolute Gasteiger partial charge is 0.131 e. The number of hydrogen-bond acceptors (Lipinski definition) is 0. The molecular weight excluding hydrogens is 220 g/mol. The predicted molar refractivity (Wildman–Crippen MR) is 78.2 cm³/mol. The van der Waals surface area contributed by atoms with E-state index < -0.39 is 8.07 Å². The van der Waals surface area contributed by atoms with E-state index in [1.54, 1.807) is 0 Å². The summed E-state index contributed by atoms with van der Waals surface area (Å²) < 4.78 is 0. The molecular formula is C16H18Si. The van der Waals surface area contributed by atoms with Gasteiger partial charge in [-0.2, -0.15) is 0 Å². The number of benzene rings is 1. The van der Waals surface area contributed by atoms with Gasteiger partial charge in [0.1, 0.15) is 8.07 Å². The van der Waals surface area contributed by atoms with Crippen LogP contribution in [0.2, 0.25) is 19.6 Å². The van der Waals surface area contributed by atoms with E-state index in [9.17, 15) is 0 Å². The molecule has 0 saturated carbocycles. The molecule has 1 aromatic rings. The SMILES string of the molecule is C[Si](C)(C)C#CC1C=CC(c2ccccc2)=C1. The summed E-state index contributed by atoms with van der Waals surface area (Å²) in [6, 6.07) is 10.5. The van der Waals surface area contributed by atoms with Crippen LogP contribution in [-0.4, -0.2) is 8.07 Å². The van der Waals surface area contributed by atoms with Gasteiger partial charge in [0.15, 0.2) is 0 Å². The summed E-state index contributed by atoms with van der Waals surface area (Å²) in [4.78, 5) is 0. The molecule has 0 amide bonds. The average Bonchev–Trinajstić information content (AvgIpc) is 2.75. The van der Waals surface area contributed by atoms with Gasteiger partial charge in [-0.15, -0.1) is 5.54 Å². The minimum atomic E-state index is -1.25. The molecule has 1 atom stereocenters. The van der Waals surface area contributed by atoms with E-state index in [-0.39, 0.29) is 0 Å². The summed E-state index contributed by atoms with van der Waals surface area (Å²) in [7, 11) is -1.25. The third kappa shape index (κ3) is 3.47. The molecule has 2 rings (SSSR count). The Kier molecular flexibility index (Phi) is 3.35. The maximum absolute atomic E-state index is 3.43. The van der Waals surface area contributed by atoms with Gasteiger partial charge >= 0.3 is 0 Å². The third-order valence-electron chi connectivity index (χ3n) is 2.56. The Morgan fingerprint density at radius 2 is 1.76 bits per heavy atom. The van der Waals surface area contributed by atoms with Crippen molar-refractivity contribution in [2.45, 2.75) is 19.6 Å². The molecule has 1 heteroatoms. The molecule has 0 radical (unpaired) electrons. The zero-order valence-corrected chi connectivity index (χ0v) is 11.7. The van der Waals surface area contributed by atoms with Crippen molar-refractivity contribution in [2.75, 3.05) is 0 Å². The van der Waals surface area contributed by atoms with Crippen LogP contribution in [0.1, 0.15) is 5.56 Å². The van der Waals surface area contributed by atoms with Crippen LogP contribution in [0.25, 0.3) is 5.57 Å². The number of rotatable bonds is 1. The van der Waals surface area contributed by atoms with Crippen molar-refractivity contribution in [3.63, 3.8) is 0 Å². The highest BCUT2D eigenvalue weighted by molar-refractivity contribution is 6.83. The monoisotopic (exact) mass is 238 g/mol. The zero-order chi connectivity index (χ0) is 12.3. The molecule has 0 fully saturated rings. The topological polar surface area (TPSA) is 0 Å². The van der Waals surface area contributed by atoms with Crippen molar-refractivity contribution in [1.29, 1.82) is 0 Å². The molecule has 1 aliphatic carbocycles. The van der Waals surface area contributed by atoms with Crippen molar-refractivity contribution in [3.05, 3.63) is 54.1 Å². The second kappa shape index (κ2) is 4.77. The van der Waals surface area contributed by atoms with Crippen molar-refractivity contribution in [2.24, 2.45) is 5.92 Å². The highest BCUT2D eigenvalue weighted by Crippen LogP contribution is 2.24. The van der Waals surface area contributed by atoms with Gasteiger partial charge in [0.25, 0.3) is 0 Å². The molecule has 1 aliphatic rings. The summed E-state index contributed by atoms with van der Waals surface area (Å²) in [6.07, 6.45) is 6.62. The van der Waals surface area contributed by atoms with Crippen LogP contribution in [-0.2, 0) is 0 Å². The van der Waals surface area contributed by atoms with Crippen molar-refractivity contribution in [1.82, 2.24) is 0 Å². The van der Waals surface area contributed by atoms with Crippen molar-refractivity contribution in [3.8, 4) is 11.5 Å². The average molecular weight is 238 g/mol. The van der Waals surface area contributed by atoms with Gasteiger partial charge < -0.3 is 0 Å². The first-order chi connectivity index (χ1) is 8.04. The maximum Gasteiger partial charge on any atom is 0.129 e. The molecule has 0 aromatic heterocycles. The minimum Gasteiger partial charge on any atom is -0.131 e. The van der Waals surface area contributed by atoms with Gasteiger partial charge in [0.2, 0.25) is 0 Å². The van der Waals surface area contributed by atoms with Gasteiger partial charge in [0.05, 0.1) is 5.92 Å². The summed E-state index contributed by atoms with van der Waals surface area (Å²) in [6.45, 7) is 6.83. The fourth-order valence-corrected chi connectivity index (χ4v) is 2.32. The lowest BCUT2D eigenvalue weighted by atomic mass is 10.1. The predicted octanol–water partition coefficient (Wildman–Crippen LogP) is 4.14. The Morgan fingerprint density at radius 1 is 1.06 bits per heavy atom. The lowest BCUT2D eigenvalue weighted by Crippen LogP contribution is -2.16. The minimum absolute atomic E-state index is 0.303. The Morgan fingerprint density at radius 3 is 2.41 bits per heavy atom. The lowest BCUT2D eigenvalue weighted by molar-refractivity contribution is 1.15. The van der Waals surface area contributed by atoms with Crippen LogP contribution in [0.4, 0.5) is 0 Å². The van der Waals surface area contributed by atoms with Gasteiger partial charge in [-0.25, -0.2) is 0 Å². The van der Waals surface area contributed by atoms with Gasteiger partial charge in [-0.3, -0.25) is 0 Å². The number of allylic oxidation sites excluding steroid dienone is 4. The Hall–Kier alpha value is -1.52.